The van der Waals surface area contributed by atoms with E-state index in [1.54, 1.807) is 0 Å². The molecule has 0 bridgehead atoms. The van der Waals surface area contributed by atoms with Crippen LogP contribution in [-0.2, 0) is 13.5 Å². The van der Waals surface area contributed by atoms with Crippen molar-refractivity contribution in [3.05, 3.63) is 16.4 Å². The molecule has 1 aromatic rings. The van der Waals surface area contributed by atoms with E-state index in [1.165, 1.54) is 25.7 Å². The average Bonchev–Trinajstić information content (AvgIpc) is 2.97. The molecule has 5 heteroatoms. The second-order valence-corrected chi connectivity index (χ2v) is 6.60. The first-order chi connectivity index (χ1) is 9.42. The molecule has 1 aliphatic rings. The summed E-state index contributed by atoms with van der Waals surface area (Å²) in [5, 5.41) is 8.79. The Morgan fingerprint density at radius 3 is 2.40 bits per heavy atom. The number of hydrogen-bond acceptors (Lipinski definition) is 3. The first kappa shape index (κ1) is 15.8. The number of likely N-dealkylation sites (N-methyl/N-ethyl adjacent to an activating group) is 2. The molecule has 0 aliphatic heterocycles. The fourth-order valence-electron chi connectivity index (χ4n) is 3.75. The van der Waals surface area contributed by atoms with Gasteiger partial charge in [0, 0.05) is 25.0 Å². The van der Waals surface area contributed by atoms with E-state index in [4.69, 9.17) is 11.6 Å². The molecule has 1 unspecified atom stereocenters. The Bertz CT molecular complexity index is 461. The standard InChI is InChI=1S/C15H27ClN4/c1-11-14(16)12(20(5)18-11)10-13(17-2)15(19(3)4)8-6-7-9-15/h13,17H,6-10H2,1-5H3. The molecule has 0 aromatic carbocycles. The molecule has 1 N–H and O–H groups in total. The lowest BCUT2D eigenvalue weighted by atomic mass is 9.84. The summed E-state index contributed by atoms with van der Waals surface area (Å²) in [5.74, 6) is 0. The Balaban J connectivity index is 2.28. The Hall–Kier alpha value is -0.580. The van der Waals surface area contributed by atoms with Gasteiger partial charge in [0.05, 0.1) is 16.4 Å². The third-order valence-electron chi connectivity index (χ3n) is 5.02. The molecule has 0 saturated heterocycles. The Labute approximate surface area is 127 Å². The minimum Gasteiger partial charge on any atom is -0.315 e. The van der Waals surface area contributed by atoms with Gasteiger partial charge in [-0.05, 0) is 40.9 Å². The minimum atomic E-state index is 0.232. The van der Waals surface area contributed by atoms with Crippen molar-refractivity contribution in [1.82, 2.24) is 20.0 Å². The molecular formula is C15H27ClN4. The maximum Gasteiger partial charge on any atom is 0.0847 e. The number of aryl methyl sites for hydroxylation is 2. The molecule has 1 saturated carbocycles. The smallest absolute Gasteiger partial charge is 0.0847 e. The summed E-state index contributed by atoms with van der Waals surface area (Å²) in [4.78, 5) is 2.40. The van der Waals surface area contributed by atoms with Gasteiger partial charge in [-0.25, -0.2) is 0 Å². The van der Waals surface area contributed by atoms with E-state index in [0.717, 1.165) is 22.8 Å². The molecule has 0 amide bonds. The van der Waals surface area contributed by atoms with Crippen LogP contribution in [0.1, 0.15) is 37.1 Å². The van der Waals surface area contributed by atoms with Gasteiger partial charge in [0.15, 0.2) is 0 Å². The fraction of sp³-hybridized carbons (Fsp3) is 0.800. The van der Waals surface area contributed by atoms with Crippen LogP contribution in [0.3, 0.4) is 0 Å². The molecule has 1 aliphatic carbocycles. The monoisotopic (exact) mass is 298 g/mol. The maximum absolute atomic E-state index is 6.42. The highest BCUT2D eigenvalue weighted by Gasteiger charge is 2.43. The Morgan fingerprint density at radius 1 is 1.40 bits per heavy atom. The highest BCUT2D eigenvalue weighted by Crippen LogP contribution is 2.38. The van der Waals surface area contributed by atoms with Crippen LogP contribution in [0.5, 0.6) is 0 Å². The van der Waals surface area contributed by atoms with Gasteiger partial charge in [0.1, 0.15) is 0 Å². The number of nitrogens with one attached hydrogen (secondary N) is 1. The summed E-state index contributed by atoms with van der Waals surface area (Å²) in [6.45, 7) is 1.97. The van der Waals surface area contributed by atoms with E-state index >= 15 is 0 Å². The molecule has 114 valence electrons. The number of hydrogen-bond donors (Lipinski definition) is 1. The Kier molecular flexibility index (Phi) is 4.77. The van der Waals surface area contributed by atoms with Crippen LogP contribution in [0.15, 0.2) is 0 Å². The van der Waals surface area contributed by atoms with E-state index < -0.39 is 0 Å². The first-order valence-electron chi connectivity index (χ1n) is 7.45. The molecule has 0 radical (unpaired) electrons. The predicted octanol–water partition coefficient (Wildman–Crippen LogP) is 2.39. The maximum atomic E-state index is 6.42. The zero-order chi connectivity index (χ0) is 14.9. The number of halogens is 1. The van der Waals surface area contributed by atoms with Crippen molar-refractivity contribution >= 4 is 11.6 Å². The van der Waals surface area contributed by atoms with Crippen molar-refractivity contribution in [2.24, 2.45) is 7.05 Å². The van der Waals surface area contributed by atoms with Crippen LogP contribution < -0.4 is 5.32 Å². The number of aromatic nitrogens is 2. The lowest BCUT2D eigenvalue weighted by molar-refractivity contribution is 0.107. The van der Waals surface area contributed by atoms with E-state index in [0.29, 0.717) is 6.04 Å². The zero-order valence-electron chi connectivity index (χ0n) is 13.3. The fourth-order valence-corrected chi connectivity index (χ4v) is 3.99. The van der Waals surface area contributed by atoms with Crippen molar-refractivity contribution in [3.63, 3.8) is 0 Å². The summed E-state index contributed by atoms with van der Waals surface area (Å²) in [7, 11) is 8.45. The molecule has 1 atom stereocenters. The van der Waals surface area contributed by atoms with Gasteiger partial charge in [-0.15, -0.1) is 0 Å². The molecule has 1 heterocycles. The van der Waals surface area contributed by atoms with E-state index in [2.05, 4.69) is 36.5 Å². The van der Waals surface area contributed by atoms with Crippen molar-refractivity contribution in [2.75, 3.05) is 21.1 Å². The molecule has 4 nitrogen and oxygen atoms in total. The first-order valence-corrected chi connectivity index (χ1v) is 7.83. The highest BCUT2D eigenvalue weighted by molar-refractivity contribution is 6.31. The van der Waals surface area contributed by atoms with Gasteiger partial charge >= 0.3 is 0 Å². The van der Waals surface area contributed by atoms with Crippen molar-refractivity contribution in [1.29, 1.82) is 0 Å². The van der Waals surface area contributed by atoms with Gasteiger partial charge in [-0.2, -0.15) is 5.10 Å². The summed E-state index contributed by atoms with van der Waals surface area (Å²) in [6, 6.07) is 0.396. The molecule has 20 heavy (non-hydrogen) atoms. The van der Waals surface area contributed by atoms with Gasteiger partial charge in [-0.1, -0.05) is 24.4 Å². The lowest BCUT2D eigenvalue weighted by Crippen LogP contribution is -2.57. The molecule has 0 spiro atoms. The SMILES string of the molecule is CNC(Cc1c(Cl)c(C)nn1C)C1(N(C)C)CCCC1. The summed E-state index contributed by atoms with van der Waals surface area (Å²) in [6.07, 6.45) is 6.05. The average molecular weight is 299 g/mol. The topological polar surface area (TPSA) is 33.1 Å². The van der Waals surface area contributed by atoms with Gasteiger partial charge in [-0.3, -0.25) is 4.68 Å². The molecule has 2 rings (SSSR count). The van der Waals surface area contributed by atoms with Crippen molar-refractivity contribution < 1.29 is 0 Å². The van der Waals surface area contributed by atoms with E-state index in [-0.39, 0.29) is 5.54 Å². The minimum absolute atomic E-state index is 0.232. The third-order valence-corrected chi connectivity index (χ3v) is 5.51. The van der Waals surface area contributed by atoms with Crippen LogP contribution >= 0.6 is 11.6 Å². The zero-order valence-corrected chi connectivity index (χ0v) is 14.1. The number of rotatable bonds is 5. The van der Waals surface area contributed by atoms with Crippen LogP contribution in [0.2, 0.25) is 5.02 Å². The summed E-state index contributed by atoms with van der Waals surface area (Å²) in [5.41, 5.74) is 2.29. The van der Waals surface area contributed by atoms with Gasteiger partial charge in [0.2, 0.25) is 0 Å². The van der Waals surface area contributed by atoms with Gasteiger partial charge in [0.25, 0.3) is 0 Å². The molecule has 1 aromatic heterocycles. The molecular weight excluding hydrogens is 272 g/mol. The summed E-state index contributed by atoms with van der Waals surface area (Å²) < 4.78 is 1.93. The van der Waals surface area contributed by atoms with E-state index in [9.17, 15) is 0 Å². The van der Waals surface area contributed by atoms with Crippen LogP contribution in [-0.4, -0.2) is 47.4 Å². The van der Waals surface area contributed by atoms with Crippen molar-refractivity contribution in [2.45, 2.75) is 50.6 Å². The van der Waals surface area contributed by atoms with Crippen LogP contribution in [0, 0.1) is 6.92 Å². The molecule has 1 fully saturated rings. The highest BCUT2D eigenvalue weighted by atomic mass is 35.5. The quantitative estimate of drug-likeness (QED) is 0.906. The van der Waals surface area contributed by atoms with Crippen molar-refractivity contribution in [3.8, 4) is 0 Å². The second-order valence-electron chi connectivity index (χ2n) is 6.22. The van der Waals surface area contributed by atoms with Gasteiger partial charge < -0.3 is 10.2 Å². The van der Waals surface area contributed by atoms with Crippen LogP contribution in [0.25, 0.3) is 0 Å². The summed E-state index contributed by atoms with van der Waals surface area (Å²) >= 11 is 6.42. The number of nitrogens with zero attached hydrogens (tertiary/aromatic N) is 3. The largest absolute Gasteiger partial charge is 0.315 e. The lowest BCUT2D eigenvalue weighted by Gasteiger charge is -2.43. The normalized spacial score (nSPS) is 19.8. The predicted molar refractivity (Wildman–Crippen MR) is 84.4 cm³/mol. The Morgan fingerprint density at radius 2 is 2.00 bits per heavy atom. The third kappa shape index (κ3) is 2.61. The van der Waals surface area contributed by atoms with Crippen LogP contribution in [0.4, 0.5) is 0 Å². The second kappa shape index (κ2) is 6.04. The van der Waals surface area contributed by atoms with E-state index in [1.807, 2.05) is 18.7 Å².